The Morgan fingerprint density at radius 3 is 1.19 bits per heavy atom. The van der Waals surface area contributed by atoms with E-state index in [1.807, 2.05) is 0 Å². The first-order valence-electron chi connectivity index (χ1n) is 9.31. The summed E-state index contributed by atoms with van der Waals surface area (Å²) in [6, 6.07) is 11.7. The molecule has 32 heavy (non-hydrogen) atoms. The lowest BCUT2D eigenvalue weighted by molar-refractivity contribution is -0.162. The predicted molar refractivity (Wildman–Crippen MR) is 119 cm³/mol. The largest absolute Gasteiger partial charge is 0.467 e. The van der Waals surface area contributed by atoms with E-state index in [4.69, 9.17) is 32.7 Å². The molecular weight excluding hydrogens is 459 g/mol. The molecule has 0 aromatic heterocycles. The van der Waals surface area contributed by atoms with Gasteiger partial charge in [0.25, 0.3) is 11.8 Å². The van der Waals surface area contributed by atoms with Crippen LogP contribution in [0.4, 0.5) is 0 Å². The van der Waals surface area contributed by atoms with Gasteiger partial charge < -0.3 is 20.1 Å². The Morgan fingerprint density at radius 1 is 0.656 bits per heavy atom. The zero-order valence-electron chi connectivity index (χ0n) is 17.8. The summed E-state index contributed by atoms with van der Waals surface area (Å²) in [6.07, 6.45) is 0. The summed E-state index contributed by atoms with van der Waals surface area (Å²) in [4.78, 5) is 51.5. The van der Waals surface area contributed by atoms with Crippen LogP contribution in [0, 0.1) is 0 Å². The molecule has 2 aromatic rings. The maximum absolute atomic E-state index is 12.9. The number of amides is 2. The van der Waals surface area contributed by atoms with Crippen LogP contribution in [0.5, 0.6) is 0 Å². The number of hydrogen-bond acceptors (Lipinski definition) is 6. The molecule has 0 unspecified atom stereocenters. The minimum Gasteiger partial charge on any atom is -0.467 e. The molecule has 2 amide bonds. The van der Waals surface area contributed by atoms with Crippen LogP contribution in [-0.4, -0.2) is 49.1 Å². The van der Waals surface area contributed by atoms with E-state index in [-0.39, 0.29) is 11.1 Å². The third kappa shape index (κ3) is 5.03. The Kier molecular flexibility index (Phi) is 7.87. The molecule has 8 nitrogen and oxygen atoms in total. The van der Waals surface area contributed by atoms with Crippen molar-refractivity contribution in [3.8, 4) is 0 Å². The van der Waals surface area contributed by atoms with Gasteiger partial charge in [-0.1, -0.05) is 23.2 Å². The fourth-order valence-electron chi connectivity index (χ4n) is 2.97. The second-order valence-electron chi connectivity index (χ2n) is 7.16. The summed E-state index contributed by atoms with van der Waals surface area (Å²) in [7, 11) is 2.18. The Labute approximate surface area is 195 Å². The highest BCUT2D eigenvalue weighted by atomic mass is 35.5. The first-order valence-corrected chi connectivity index (χ1v) is 10.1. The van der Waals surface area contributed by atoms with Gasteiger partial charge in [-0.15, -0.1) is 0 Å². The highest BCUT2D eigenvalue weighted by Gasteiger charge is 2.59. The molecule has 0 bridgehead atoms. The van der Waals surface area contributed by atoms with Gasteiger partial charge in [-0.05, 0) is 62.4 Å². The van der Waals surface area contributed by atoms with Gasteiger partial charge in [0, 0.05) is 21.2 Å². The molecule has 0 saturated carbocycles. The molecule has 0 fully saturated rings. The summed E-state index contributed by atoms with van der Waals surface area (Å²) in [6.45, 7) is 2.51. The highest BCUT2D eigenvalue weighted by molar-refractivity contribution is 6.31. The molecule has 2 rings (SSSR count). The molecule has 0 heterocycles. The van der Waals surface area contributed by atoms with Crippen LogP contribution >= 0.6 is 23.2 Å². The van der Waals surface area contributed by atoms with Crippen LogP contribution < -0.4 is 10.6 Å². The molecule has 0 aliphatic heterocycles. The quantitative estimate of drug-likeness (QED) is 0.589. The SMILES string of the molecule is COC(=O)[C@@](C)(NC(=O)c1ccc(Cl)cc1)[C@](C)(NC(=O)c1ccc(Cl)cc1)C(=O)OC. The van der Waals surface area contributed by atoms with E-state index in [9.17, 15) is 19.2 Å². The molecule has 0 spiro atoms. The standard InChI is InChI=1S/C22H22Cl2N2O6/c1-21(19(29)31-3,25-17(27)13-5-9-15(23)10-6-13)22(2,20(30)32-4)26-18(28)14-7-11-16(24)12-8-14/h5-12H,1-4H3,(H,25,27)(H,26,28)/t21-,22-/m1/s1. The Hall–Kier alpha value is -3.10. The van der Waals surface area contributed by atoms with Crippen molar-refractivity contribution >= 4 is 47.0 Å². The van der Waals surface area contributed by atoms with Crippen LogP contribution in [-0.2, 0) is 19.1 Å². The topological polar surface area (TPSA) is 111 Å². The van der Waals surface area contributed by atoms with Crippen LogP contribution in [0.15, 0.2) is 48.5 Å². The van der Waals surface area contributed by atoms with Gasteiger partial charge >= 0.3 is 11.9 Å². The molecule has 0 radical (unpaired) electrons. The third-order valence-corrected chi connectivity index (χ3v) is 5.63. The number of benzene rings is 2. The Morgan fingerprint density at radius 2 is 0.938 bits per heavy atom. The molecule has 170 valence electrons. The molecule has 2 atom stereocenters. The molecule has 0 saturated heterocycles. The molecule has 10 heteroatoms. The average Bonchev–Trinajstić information content (AvgIpc) is 2.78. The maximum atomic E-state index is 12.9. The zero-order valence-corrected chi connectivity index (χ0v) is 19.3. The molecule has 2 N–H and O–H groups in total. The van der Waals surface area contributed by atoms with Crippen molar-refractivity contribution in [2.45, 2.75) is 24.9 Å². The lowest BCUT2D eigenvalue weighted by Crippen LogP contribution is -2.75. The van der Waals surface area contributed by atoms with Gasteiger partial charge in [0.15, 0.2) is 11.1 Å². The predicted octanol–water partition coefficient (Wildman–Crippen LogP) is 3.02. The Balaban J connectivity index is 2.51. The van der Waals surface area contributed by atoms with Crippen LogP contribution in [0.2, 0.25) is 10.0 Å². The third-order valence-electron chi connectivity index (χ3n) is 5.13. The summed E-state index contributed by atoms with van der Waals surface area (Å²) < 4.78 is 9.73. The van der Waals surface area contributed by atoms with E-state index < -0.39 is 34.8 Å². The molecule has 0 aliphatic rings. The van der Waals surface area contributed by atoms with E-state index >= 15 is 0 Å². The minimum absolute atomic E-state index is 0.167. The van der Waals surface area contributed by atoms with Crippen molar-refractivity contribution in [2.75, 3.05) is 14.2 Å². The first kappa shape index (κ1) is 25.2. The number of carbonyl (C=O) groups excluding carboxylic acids is 4. The number of halogens is 2. The number of hydrogen-bond donors (Lipinski definition) is 2. The van der Waals surface area contributed by atoms with Crippen molar-refractivity contribution < 1.29 is 28.7 Å². The van der Waals surface area contributed by atoms with Crippen LogP contribution in [0.25, 0.3) is 0 Å². The van der Waals surface area contributed by atoms with E-state index in [0.717, 1.165) is 14.2 Å². The van der Waals surface area contributed by atoms with E-state index in [2.05, 4.69) is 10.6 Å². The number of methoxy groups -OCH3 is 2. The number of carbonyl (C=O) groups is 4. The highest BCUT2D eigenvalue weighted by Crippen LogP contribution is 2.27. The maximum Gasteiger partial charge on any atom is 0.334 e. The smallest absolute Gasteiger partial charge is 0.334 e. The second kappa shape index (κ2) is 10.0. The summed E-state index contributed by atoms with van der Waals surface area (Å²) in [5.41, 5.74) is -3.79. The van der Waals surface area contributed by atoms with E-state index in [1.54, 1.807) is 0 Å². The van der Waals surface area contributed by atoms with Crippen LogP contribution in [0.3, 0.4) is 0 Å². The fourth-order valence-corrected chi connectivity index (χ4v) is 3.22. The van der Waals surface area contributed by atoms with Gasteiger partial charge in [0.2, 0.25) is 0 Å². The first-order chi connectivity index (χ1) is 15.0. The lowest BCUT2D eigenvalue weighted by atomic mass is 9.78. The van der Waals surface area contributed by atoms with Gasteiger partial charge in [-0.25, -0.2) is 9.59 Å². The average molecular weight is 481 g/mol. The normalized spacial score (nSPS) is 14.3. The number of nitrogens with one attached hydrogen (secondary N) is 2. The summed E-state index contributed by atoms with van der Waals surface area (Å²) in [5.74, 6) is -3.37. The molecular formula is C22H22Cl2N2O6. The van der Waals surface area contributed by atoms with E-state index in [0.29, 0.717) is 10.0 Å². The van der Waals surface area contributed by atoms with Gasteiger partial charge in [-0.2, -0.15) is 0 Å². The van der Waals surface area contributed by atoms with Crippen LogP contribution in [0.1, 0.15) is 34.6 Å². The van der Waals surface area contributed by atoms with Crippen molar-refractivity contribution in [3.63, 3.8) is 0 Å². The minimum atomic E-state index is -2.06. The zero-order chi connectivity index (χ0) is 24.1. The van der Waals surface area contributed by atoms with Crippen molar-refractivity contribution in [3.05, 3.63) is 69.7 Å². The van der Waals surface area contributed by atoms with E-state index in [1.165, 1.54) is 62.4 Å². The van der Waals surface area contributed by atoms with Gasteiger partial charge in [0.05, 0.1) is 14.2 Å². The fraction of sp³-hybridized carbons (Fsp3) is 0.273. The second-order valence-corrected chi connectivity index (χ2v) is 8.03. The van der Waals surface area contributed by atoms with Gasteiger partial charge in [0.1, 0.15) is 0 Å². The van der Waals surface area contributed by atoms with Gasteiger partial charge in [-0.3, -0.25) is 9.59 Å². The Bertz CT molecular complexity index is 942. The summed E-state index contributed by atoms with van der Waals surface area (Å²) >= 11 is 11.7. The number of esters is 2. The number of ether oxygens (including phenoxy) is 2. The lowest BCUT2D eigenvalue weighted by Gasteiger charge is -2.42. The molecule has 2 aromatic carbocycles. The molecule has 0 aliphatic carbocycles. The number of rotatable bonds is 7. The van der Waals surface area contributed by atoms with Crippen molar-refractivity contribution in [1.82, 2.24) is 10.6 Å². The van der Waals surface area contributed by atoms with Crippen molar-refractivity contribution in [1.29, 1.82) is 0 Å². The summed E-state index contributed by atoms with van der Waals surface area (Å²) in [5, 5.41) is 5.84. The van der Waals surface area contributed by atoms with Crippen molar-refractivity contribution in [2.24, 2.45) is 0 Å². The monoisotopic (exact) mass is 480 g/mol.